The zero-order valence-electron chi connectivity index (χ0n) is 12.1. The van der Waals surface area contributed by atoms with Gasteiger partial charge in [-0.3, -0.25) is 0 Å². The van der Waals surface area contributed by atoms with Crippen molar-refractivity contribution in [2.45, 2.75) is 52.1 Å². The number of fused-ring (bicyclic) bond motifs is 2. The smallest absolute Gasteiger partial charge is 0.0720 e. The predicted octanol–water partition coefficient (Wildman–Crippen LogP) is 3.65. The fraction of sp³-hybridized carbons (Fsp3) is 0.647. The molecule has 104 valence electrons. The first-order valence-electron chi connectivity index (χ1n) is 7.48. The maximum Gasteiger partial charge on any atom is 0.0720 e. The van der Waals surface area contributed by atoms with Crippen molar-refractivity contribution in [2.24, 2.45) is 17.8 Å². The van der Waals surface area contributed by atoms with Gasteiger partial charge in [-0.15, -0.1) is 0 Å². The van der Waals surface area contributed by atoms with Gasteiger partial charge in [-0.2, -0.15) is 0 Å². The summed E-state index contributed by atoms with van der Waals surface area (Å²) >= 11 is 0. The van der Waals surface area contributed by atoms with Gasteiger partial charge in [0.1, 0.15) is 0 Å². The van der Waals surface area contributed by atoms with Crippen LogP contribution in [0.3, 0.4) is 0 Å². The van der Waals surface area contributed by atoms with E-state index in [0.717, 1.165) is 0 Å². The van der Waals surface area contributed by atoms with Crippen LogP contribution in [0.5, 0.6) is 0 Å². The van der Waals surface area contributed by atoms with E-state index in [1.165, 1.54) is 12.0 Å². The van der Waals surface area contributed by atoms with Crippen molar-refractivity contribution in [3.63, 3.8) is 0 Å². The normalized spacial score (nSPS) is 41.4. The number of ether oxygens (including phenoxy) is 2. The van der Waals surface area contributed by atoms with Gasteiger partial charge in [-0.1, -0.05) is 51.1 Å². The number of hydrogen-bond donors (Lipinski definition) is 0. The van der Waals surface area contributed by atoms with Crippen molar-refractivity contribution >= 4 is 0 Å². The molecular formula is C17H24O2. The van der Waals surface area contributed by atoms with E-state index in [9.17, 15) is 0 Å². The zero-order chi connectivity index (χ0) is 13.4. The summed E-state index contributed by atoms with van der Waals surface area (Å²) in [6.07, 6.45) is 2.31. The Morgan fingerprint density at radius 3 is 2.58 bits per heavy atom. The molecule has 1 aromatic carbocycles. The lowest BCUT2D eigenvalue weighted by Gasteiger charge is -2.40. The Bertz CT molecular complexity index is 417. The second-order valence-corrected chi connectivity index (χ2v) is 6.33. The molecule has 0 aliphatic carbocycles. The quantitative estimate of drug-likeness (QED) is 0.826. The van der Waals surface area contributed by atoms with E-state index in [-0.39, 0.29) is 0 Å². The van der Waals surface area contributed by atoms with Crippen molar-refractivity contribution in [3.05, 3.63) is 35.9 Å². The van der Waals surface area contributed by atoms with Crippen LogP contribution in [0.15, 0.2) is 30.3 Å². The van der Waals surface area contributed by atoms with Crippen LogP contribution in [0.4, 0.5) is 0 Å². The maximum atomic E-state index is 6.24. The lowest BCUT2D eigenvalue weighted by molar-refractivity contribution is -0.157. The van der Waals surface area contributed by atoms with Crippen LogP contribution in [0.25, 0.3) is 0 Å². The molecule has 19 heavy (non-hydrogen) atoms. The molecule has 2 heteroatoms. The standard InChI is InChI=1S/C17H24O2/c1-11-9-15-12(2)17(13(3)16(11)19-15)18-10-14-7-5-4-6-8-14/h4-8,11-13,15-17H,9-10H2,1-3H3. The largest absolute Gasteiger partial charge is 0.374 e. The minimum atomic E-state index is 0.328. The molecular weight excluding hydrogens is 236 g/mol. The Balaban J connectivity index is 1.67. The highest BCUT2D eigenvalue weighted by Crippen LogP contribution is 2.44. The van der Waals surface area contributed by atoms with Crippen LogP contribution in [0.2, 0.25) is 0 Å². The summed E-state index contributed by atoms with van der Waals surface area (Å²) in [5.74, 6) is 1.67. The Morgan fingerprint density at radius 1 is 1.11 bits per heavy atom. The van der Waals surface area contributed by atoms with E-state index in [1.807, 2.05) is 6.07 Å². The minimum absolute atomic E-state index is 0.328. The summed E-state index contributed by atoms with van der Waals surface area (Å²) in [6.45, 7) is 7.60. The molecule has 2 aliphatic rings. The van der Waals surface area contributed by atoms with E-state index in [1.54, 1.807) is 0 Å². The van der Waals surface area contributed by atoms with E-state index in [2.05, 4.69) is 45.0 Å². The van der Waals surface area contributed by atoms with Gasteiger partial charge < -0.3 is 9.47 Å². The summed E-state index contributed by atoms with van der Waals surface area (Å²) in [5.41, 5.74) is 1.26. The van der Waals surface area contributed by atoms with Gasteiger partial charge in [0, 0.05) is 11.8 Å². The molecule has 2 nitrogen and oxygen atoms in total. The fourth-order valence-corrected chi connectivity index (χ4v) is 3.82. The monoisotopic (exact) mass is 260 g/mol. The van der Waals surface area contributed by atoms with Gasteiger partial charge in [-0.25, -0.2) is 0 Å². The summed E-state index contributed by atoms with van der Waals surface area (Å²) < 4.78 is 12.4. The van der Waals surface area contributed by atoms with Crippen molar-refractivity contribution < 1.29 is 9.47 Å². The van der Waals surface area contributed by atoms with Crippen molar-refractivity contribution in [2.75, 3.05) is 0 Å². The average Bonchev–Trinajstić information content (AvgIpc) is 2.78. The summed E-state index contributed by atoms with van der Waals surface area (Å²) in [7, 11) is 0. The van der Waals surface area contributed by atoms with Gasteiger partial charge in [0.25, 0.3) is 0 Å². The van der Waals surface area contributed by atoms with Crippen LogP contribution >= 0.6 is 0 Å². The molecule has 3 rings (SSSR count). The predicted molar refractivity (Wildman–Crippen MR) is 75.8 cm³/mol. The second-order valence-electron chi connectivity index (χ2n) is 6.33. The third-order valence-electron chi connectivity index (χ3n) is 4.92. The fourth-order valence-electron chi connectivity index (χ4n) is 3.82. The molecule has 2 bridgehead atoms. The summed E-state index contributed by atoms with van der Waals surface area (Å²) in [4.78, 5) is 0. The lowest BCUT2D eigenvalue weighted by Crippen LogP contribution is -2.45. The van der Waals surface area contributed by atoms with Gasteiger partial charge in [0.05, 0.1) is 24.9 Å². The molecule has 0 spiro atoms. The number of rotatable bonds is 3. The highest BCUT2D eigenvalue weighted by Gasteiger charge is 2.49. The van der Waals surface area contributed by atoms with E-state index in [4.69, 9.17) is 9.47 Å². The van der Waals surface area contributed by atoms with Crippen LogP contribution in [-0.2, 0) is 16.1 Å². The Labute approximate surface area is 116 Å². The summed E-state index contributed by atoms with van der Waals surface area (Å²) in [5, 5.41) is 0. The summed E-state index contributed by atoms with van der Waals surface area (Å²) in [6, 6.07) is 10.4. The molecule has 0 saturated carbocycles. The Morgan fingerprint density at radius 2 is 1.84 bits per heavy atom. The third kappa shape index (κ3) is 2.44. The van der Waals surface area contributed by atoms with E-state index in [0.29, 0.717) is 42.7 Å². The zero-order valence-corrected chi connectivity index (χ0v) is 12.1. The van der Waals surface area contributed by atoms with Crippen LogP contribution in [0.1, 0.15) is 32.8 Å². The second kappa shape index (κ2) is 5.26. The van der Waals surface area contributed by atoms with E-state index >= 15 is 0 Å². The number of benzene rings is 1. The lowest BCUT2D eigenvalue weighted by atomic mass is 9.85. The Hall–Kier alpha value is -0.860. The van der Waals surface area contributed by atoms with Gasteiger partial charge in [0.15, 0.2) is 0 Å². The topological polar surface area (TPSA) is 18.5 Å². The van der Waals surface area contributed by atoms with Crippen molar-refractivity contribution in [3.8, 4) is 0 Å². The SMILES string of the molecule is CC1CC2OC1C(C)C(OCc1ccccc1)C2C. The van der Waals surface area contributed by atoms with Crippen molar-refractivity contribution in [1.82, 2.24) is 0 Å². The van der Waals surface area contributed by atoms with Gasteiger partial charge >= 0.3 is 0 Å². The molecule has 6 unspecified atom stereocenters. The Kier molecular flexibility index (Phi) is 3.64. The molecule has 2 heterocycles. The van der Waals surface area contributed by atoms with E-state index < -0.39 is 0 Å². The van der Waals surface area contributed by atoms with Crippen LogP contribution < -0.4 is 0 Å². The molecule has 6 atom stereocenters. The van der Waals surface area contributed by atoms with Crippen molar-refractivity contribution in [1.29, 1.82) is 0 Å². The molecule has 0 N–H and O–H groups in total. The average molecular weight is 260 g/mol. The molecule has 2 saturated heterocycles. The molecule has 0 amide bonds. The molecule has 2 aliphatic heterocycles. The third-order valence-corrected chi connectivity index (χ3v) is 4.92. The van der Waals surface area contributed by atoms with Gasteiger partial charge in [-0.05, 0) is 17.9 Å². The molecule has 2 fully saturated rings. The van der Waals surface area contributed by atoms with Gasteiger partial charge in [0.2, 0.25) is 0 Å². The first-order chi connectivity index (χ1) is 9.16. The molecule has 0 radical (unpaired) electrons. The minimum Gasteiger partial charge on any atom is -0.374 e. The molecule has 1 aromatic rings. The highest BCUT2D eigenvalue weighted by atomic mass is 16.5. The maximum absolute atomic E-state index is 6.24. The molecule has 0 aromatic heterocycles. The number of hydrogen-bond acceptors (Lipinski definition) is 2. The first-order valence-corrected chi connectivity index (χ1v) is 7.48. The highest BCUT2D eigenvalue weighted by molar-refractivity contribution is 5.13. The van der Waals surface area contributed by atoms with Crippen LogP contribution in [-0.4, -0.2) is 18.3 Å². The first kappa shape index (κ1) is 13.1. The van der Waals surface area contributed by atoms with Crippen LogP contribution in [0, 0.1) is 17.8 Å².